The average Bonchev–Trinajstić information content (AvgIpc) is 2.96. The second-order valence-corrected chi connectivity index (χ2v) is 11.1. The third-order valence-electron chi connectivity index (χ3n) is 6.17. The first-order valence-corrected chi connectivity index (χ1v) is 12.1. The van der Waals surface area contributed by atoms with Gasteiger partial charge in [-0.2, -0.15) is 0 Å². The van der Waals surface area contributed by atoms with Crippen LogP contribution in [0.2, 0.25) is 5.02 Å². The van der Waals surface area contributed by atoms with Crippen LogP contribution in [-0.4, -0.2) is 28.6 Å². The summed E-state index contributed by atoms with van der Waals surface area (Å²) in [7, 11) is 2.09. The minimum Gasteiger partial charge on any atom is -0.369 e. The Kier molecular flexibility index (Phi) is 6.01. The van der Waals surface area contributed by atoms with E-state index in [4.69, 9.17) is 11.6 Å². The highest BCUT2D eigenvalue weighted by molar-refractivity contribution is 9.10. The van der Waals surface area contributed by atoms with E-state index in [1.165, 1.54) is 10.5 Å². The summed E-state index contributed by atoms with van der Waals surface area (Å²) in [5.41, 5.74) is 4.06. The Hall–Kier alpha value is -1.76. The highest BCUT2D eigenvalue weighted by Gasteiger charge is 2.37. The summed E-state index contributed by atoms with van der Waals surface area (Å²) in [6.07, 6.45) is 2.78. The third kappa shape index (κ3) is 4.30. The van der Waals surface area contributed by atoms with E-state index in [0.717, 1.165) is 39.5 Å². The van der Waals surface area contributed by atoms with Crippen molar-refractivity contribution in [3.05, 3.63) is 67.5 Å². The van der Waals surface area contributed by atoms with Crippen molar-refractivity contribution in [1.82, 2.24) is 4.90 Å². The molecule has 4 rings (SSSR count). The van der Waals surface area contributed by atoms with E-state index >= 15 is 0 Å². The van der Waals surface area contributed by atoms with Crippen molar-refractivity contribution in [2.24, 2.45) is 0 Å². The lowest BCUT2D eigenvalue weighted by atomic mass is 9.80. The standard InChI is InChI=1S/C24H24BrClN2O2S/c1-14-12-24(2,3)27(4)20-11-19(26)16(9-18(14)20)10-21-22(29)28(23(30)31-21)13-15-5-7-17(25)8-6-15/h5-11,14H,12-13H2,1-4H3/b21-10+. The minimum atomic E-state index is -0.280. The van der Waals surface area contributed by atoms with Crippen LogP contribution in [0.3, 0.4) is 0 Å². The number of carbonyl (C=O) groups is 2. The number of fused-ring (bicyclic) bond motifs is 1. The van der Waals surface area contributed by atoms with E-state index in [9.17, 15) is 9.59 Å². The van der Waals surface area contributed by atoms with Crippen LogP contribution >= 0.6 is 39.3 Å². The average molecular weight is 520 g/mol. The van der Waals surface area contributed by atoms with Crippen molar-refractivity contribution < 1.29 is 9.59 Å². The van der Waals surface area contributed by atoms with E-state index in [-0.39, 0.29) is 23.2 Å². The Bertz CT molecular complexity index is 1100. The maximum absolute atomic E-state index is 12.9. The van der Waals surface area contributed by atoms with Crippen molar-refractivity contribution in [2.45, 2.75) is 45.2 Å². The van der Waals surface area contributed by atoms with Gasteiger partial charge < -0.3 is 4.90 Å². The van der Waals surface area contributed by atoms with Gasteiger partial charge in [-0.1, -0.05) is 46.6 Å². The summed E-state index contributed by atoms with van der Waals surface area (Å²) in [5, 5.41) is 0.318. The van der Waals surface area contributed by atoms with E-state index in [1.54, 1.807) is 6.08 Å². The van der Waals surface area contributed by atoms with Crippen LogP contribution in [0.4, 0.5) is 10.5 Å². The molecule has 0 aliphatic carbocycles. The molecule has 0 aromatic heterocycles. The van der Waals surface area contributed by atoms with Gasteiger partial charge in [0.05, 0.1) is 11.4 Å². The molecule has 0 saturated carbocycles. The molecule has 31 heavy (non-hydrogen) atoms. The van der Waals surface area contributed by atoms with Crippen LogP contribution in [0.25, 0.3) is 6.08 Å². The molecular weight excluding hydrogens is 496 g/mol. The van der Waals surface area contributed by atoms with Crippen molar-refractivity contribution >= 4 is 62.2 Å². The largest absolute Gasteiger partial charge is 0.369 e. The molecule has 2 amide bonds. The number of hydrogen-bond acceptors (Lipinski definition) is 4. The van der Waals surface area contributed by atoms with E-state index in [1.807, 2.05) is 30.3 Å². The first kappa shape index (κ1) is 22.4. The Labute approximate surface area is 200 Å². The Morgan fingerprint density at radius 1 is 1.23 bits per heavy atom. The molecular formula is C24H24BrClN2O2S. The number of thioether (sulfide) groups is 1. The number of anilines is 1. The molecule has 2 aliphatic heterocycles. The molecule has 2 aromatic rings. The topological polar surface area (TPSA) is 40.6 Å². The Balaban J connectivity index is 1.63. The summed E-state index contributed by atoms with van der Waals surface area (Å²) in [6, 6.07) is 11.6. The quantitative estimate of drug-likeness (QED) is 0.407. The summed E-state index contributed by atoms with van der Waals surface area (Å²) >= 11 is 11.0. The van der Waals surface area contributed by atoms with Gasteiger partial charge in [0, 0.05) is 27.8 Å². The van der Waals surface area contributed by atoms with Crippen LogP contribution in [-0.2, 0) is 11.3 Å². The van der Waals surface area contributed by atoms with Gasteiger partial charge in [0.25, 0.3) is 11.1 Å². The lowest BCUT2D eigenvalue weighted by Gasteiger charge is -2.45. The van der Waals surface area contributed by atoms with Gasteiger partial charge in [-0.25, -0.2) is 0 Å². The van der Waals surface area contributed by atoms with E-state index in [0.29, 0.717) is 15.8 Å². The predicted octanol–water partition coefficient (Wildman–Crippen LogP) is 7.06. The third-order valence-corrected chi connectivity index (χ3v) is 7.93. The van der Waals surface area contributed by atoms with Crippen LogP contribution in [0.1, 0.15) is 49.8 Å². The maximum atomic E-state index is 12.9. The van der Waals surface area contributed by atoms with Gasteiger partial charge in [0.15, 0.2) is 0 Å². The summed E-state index contributed by atoms with van der Waals surface area (Å²) in [5.74, 6) is 0.0936. The molecule has 2 aromatic carbocycles. The Morgan fingerprint density at radius 2 is 1.90 bits per heavy atom. The number of imide groups is 1. The summed E-state index contributed by atoms with van der Waals surface area (Å²) in [6.45, 7) is 6.94. The molecule has 0 radical (unpaired) electrons. The van der Waals surface area contributed by atoms with Gasteiger partial charge in [0.1, 0.15) is 0 Å². The van der Waals surface area contributed by atoms with Gasteiger partial charge in [-0.3, -0.25) is 14.5 Å². The highest BCUT2D eigenvalue weighted by Crippen LogP contribution is 2.45. The fourth-order valence-electron chi connectivity index (χ4n) is 4.27. The molecule has 4 nitrogen and oxygen atoms in total. The molecule has 1 saturated heterocycles. The lowest BCUT2D eigenvalue weighted by Crippen LogP contribution is -2.45. The zero-order valence-corrected chi connectivity index (χ0v) is 21.1. The zero-order valence-electron chi connectivity index (χ0n) is 17.9. The fraction of sp³-hybridized carbons (Fsp3) is 0.333. The normalized spacial score (nSPS) is 21.7. The van der Waals surface area contributed by atoms with Gasteiger partial charge >= 0.3 is 0 Å². The van der Waals surface area contributed by atoms with Crippen LogP contribution < -0.4 is 4.90 Å². The minimum absolute atomic E-state index is 0.0486. The summed E-state index contributed by atoms with van der Waals surface area (Å²) in [4.78, 5) is 29.4. The predicted molar refractivity (Wildman–Crippen MR) is 133 cm³/mol. The molecule has 1 atom stereocenters. The zero-order chi connectivity index (χ0) is 22.5. The molecule has 0 N–H and O–H groups in total. The number of benzene rings is 2. The monoisotopic (exact) mass is 518 g/mol. The number of carbonyl (C=O) groups excluding carboxylic acids is 2. The van der Waals surface area contributed by atoms with Crippen molar-refractivity contribution in [3.63, 3.8) is 0 Å². The number of rotatable bonds is 3. The SMILES string of the molecule is CC1CC(C)(C)N(C)c2cc(Cl)c(/C=C3/SC(=O)N(Cc4ccc(Br)cc4)C3=O)cc21. The first-order chi connectivity index (χ1) is 14.6. The lowest BCUT2D eigenvalue weighted by molar-refractivity contribution is -0.123. The second-order valence-electron chi connectivity index (χ2n) is 8.80. The molecule has 7 heteroatoms. The number of nitrogens with zero attached hydrogens (tertiary/aromatic N) is 2. The molecule has 2 heterocycles. The van der Waals surface area contributed by atoms with Crippen molar-refractivity contribution in [3.8, 4) is 0 Å². The molecule has 1 unspecified atom stereocenters. The molecule has 0 bridgehead atoms. The fourth-order valence-corrected chi connectivity index (χ4v) is 5.57. The van der Waals surface area contributed by atoms with Crippen molar-refractivity contribution in [2.75, 3.05) is 11.9 Å². The molecule has 2 aliphatic rings. The molecule has 1 fully saturated rings. The summed E-state index contributed by atoms with van der Waals surface area (Å²) < 4.78 is 0.954. The molecule has 0 spiro atoms. The number of hydrogen-bond donors (Lipinski definition) is 0. The first-order valence-electron chi connectivity index (χ1n) is 10.1. The smallest absolute Gasteiger partial charge is 0.293 e. The molecule has 162 valence electrons. The van der Waals surface area contributed by atoms with E-state index in [2.05, 4.69) is 54.7 Å². The number of amides is 2. The second kappa shape index (κ2) is 8.30. The highest BCUT2D eigenvalue weighted by atomic mass is 79.9. The maximum Gasteiger partial charge on any atom is 0.293 e. The Morgan fingerprint density at radius 3 is 2.58 bits per heavy atom. The van der Waals surface area contributed by atoms with Crippen molar-refractivity contribution in [1.29, 1.82) is 0 Å². The van der Waals surface area contributed by atoms with Crippen LogP contribution in [0.5, 0.6) is 0 Å². The van der Waals surface area contributed by atoms with Crippen LogP contribution in [0, 0.1) is 0 Å². The van der Waals surface area contributed by atoms with E-state index < -0.39 is 0 Å². The van der Waals surface area contributed by atoms with Gasteiger partial charge in [-0.15, -0.1) is 0 Å². The van der Waals surface area contributed by atoms with Gasteiger partial charge in [0.2, 0.25) is 0 Å². The van der Waals surface area contributed by atoms with Gasteiger partial charge in [-0.05, 0) is 85.0 Å². The number of halogens is 2. The van der Waals surface area contributed by atoms with Crippen LogP contribution in [0.15, 0.2) is 45.8 Å².